The topological polar surface area (TPSA) is 69.6 Å². The van der Waals surface area contributed by atoms with Crippen LogP contribution in [0.25, 0.3) is 11.1 Å². The van der Waals surface area contributed by atoms with E-state index in [0.717, 1.165) is 36.0 Å². The van der Waals surface area contributed by atoms with E-state index >= 15 is 0 Å². The molecule has 30 heavy (non-hydrogen) atoms. The molecule has 4 nitrogen and oxygen atoms in total. The Kier molecular flexibility index (Phi) is 6.18. The van der Waals surface area contributed by atoms with Crippen molar-refractivity contribution in [1.29, 1.82) is 0 Å². The van der Waals surface area contributed by atoms with Gasteiger partial charge in [-0.05, 0) is 71.3 Å². The maximum atomic E-state index is 11.3. The van der Waals surface area contributed by atoms with Crippen LogP contribution in [0, 0.1) is 0 Å². The molecule has 2 atom stereocenters. The summed E-state index contributed by atoms with van der Waals surface area (Å²) < 4.78 is 0. The number of hydrogen-bond acceptors (Lipinski definition) is 3. The number of halogens is 1. The molecule has 0 aromatic heterocycles. The van der Waals surface area contributed by atoms with Crippen molar-refractivity contribution in [3.63, 3.8) is 0 Å². The zero-order valence-corrected chi connectivity index (χ0v) is 17.3. The summed E-state index contributed by atoms with van der Waals surface area (Å²) in [5.41, 5.74) is 5.64. The standard InChI is InChI=1S/C25H24ClNO3/c26-22-6-2-4-19(13-22)24(28)15-27-23-10-9-16-7-8-18(12-21(16)14-23)17-3-1-5-20(11-17)25(29)30/h1-8,11-13,23-24,27-28H,9-10,14-15H2,(H,29,30)/t23-,24-/m0/s1. The van der Waals surface area contributed by atoms with Gasteiger partial charge in [0, 0.05) is 17.6 Å². The van der Waals surface area contributed by atoms with Crippen LogP contribution < -0.4 is 5.32 Å². The summed E-state index contributed by atoms with van der Waals surface area (Å²) in [5, 5.41) is 23.8. The van der Waals surface area contributed by atoms with Crippen LogP contribution in [0.3, 0.4) is 0 Å². The number of carboxylic acids is 1. The molecule has 3 aromatic carbocycles. The first-order chi connectivity index (χ1) is 14.5. The van der Waals surface area contributed by atoms with Crippen LogP contribution in [0.1, 0.15) is 39.6 Å². The SMILES string of the molecule is O=C(O)c1cccc(-c2ccc3c(c2)C[C@@H](NC[C@H](O)c2cccc(Cl)c2)CC3)c1. The third-order valence-electron chi connectivity index (χ3n) is 5.71. The number of hydrogen-bond donors (Lipinski definition) is 3. The minimum absolute atomic E-state index is 0.284. The molecule has 5 heteroatoms. The summed E-state index contributed by atoms with van der Waals surface area (Å²) in [4.78, 5) is 11.3. The number of aliphatic hydroxyl groups excluding tert-OH is 1. The Morgan fingerprint density at radius 2 is 1.83 bits per heavy atom. The first kappa shape index (κ1) is 20.6. The van der Waals surface area contributed by atoms with Crippen LogP contribution in [0.2, 0.25) is 5.02 Å². The van der Waals surface area contributed by atoms with Crippen molar-refractivity contribution in [3.8, 4) is 11.1 Å². The Labute approximate surface area is 181 Å². The van der Waals surface area contributed by atoms with E-state index in [-0.39, 0.29) is 6.04 Å². The predicted molar refractivity (Wildman–Crippen MR) is 119 cm³/mol. The quantitative estimate of drug-likeness (QED) is 0.530. The van der Waals surface area contributed by atoms with Gasteiger partial charge < -0.3 is 15.5 Å². The molecule has 1 aliphatic rings. The molecule has 0 saturated heterocycles. The summed E-state index contributed by atoms with van der Waals surface area (Å²) in [6, 6.07) is 21.0. The molecule has 0 amide bonds. The molecule has 3 aromatic rings. The molecule has 0 aliphatic heterocycles. The van der Waals surface area contributed by atoms with Gasteiger partial charge in [-0.25, -0.2) is 4.79 Å². The number of carbonyl (C=O) groups is 1. The van der Waals surface area contributed by atoms with Crippen LogP contribution in [0.15, 0.2) is 66.7 Å². The molecule has 0 bridgehead atoms. The highest BCUT2D eigenvalue weighted by molar-refractivity contribution is 6.30. The van der Waals surface area contributed by atoms with E-state index in [9.17, 15) is 15.0 Å². The number of rotatable bonds is 6. The highest BCUT2D eigenvalue weighted by Crippen LogP contribution is 2.28. The first-order valence-corrected chi connectivity index (χ1v) is 10.5. The van der Waals surface area contributed by atoms with Crippen molar-refractivity contribution in [1.82, 2.24) is 5.32 Å². The Morgan fingerprint density at radius 1 is 1.03 bits per heavy atom. The number of benzene rings is 3. The lowest BCUT2D eigenvalue weighted by Crippen LogP contribution is -2.37. The number of aliphatic hydroxyl groups is 1. The fraction of sp³-hybridized carbons (Fsp3) is 0.240. The van der Waals surface area contributed by atoms with E-state index in [1.165, 1.54) is 11.1 Å². The van der Waals surface area contributed by atoms with Crippen LogP contribution in [0.5, 0.6) is 0 Å². The molecule has 0 spiro atoms. The number of aryl methyl sites for hydroxylation is 1. The molecular weight excluding hydrogens is 398 g/mol. The second-order valence-corrected chi connectivity index (χ2v) is 8.22. The second-order valence-electron chi connectivity index (χ2n) is 7.79. The zero-order valence-electron chi connectivity index (χ0n) is 16.5. The van der Waals surface area contributed by atoms with Crippen LogP contribution in [-0.2, 0) is 12.8 Å². The molecular formula is C25H24ClNO3. The summed E-state index contributed by atoms with van der Waals surface area (Å²) >= 11 is 6.02. The van der Waals surface area contributed by atoms with E-state index < -0.39 is 12.1 Å². The van der Waals surface area contributed by atoms with Crippen LogP contribution in [-0.4, -0.2) is 28.8 Å². The molecule has 0 saturated carbocycles. The average Bonchev–Trinajstić information content (AvgIpc) is 2.77. The molecule has 0 radical (unpaired) electrons. The minimum Gasteiger partial charge on any atom is -0.478 e. The number of fused-ring (bicyclic) bond motifs is 1. The van der Waals surface area contributed by atoms with Crippen LogP contribution in [0.4, 0.5) is 0 Å². The third kappa shape index (κ3) is 4.73. The van der Waals surface area contributed by atoms with Crippen molar-refractivity contribution >= 4 is 17.6 Å². The Hall–Kier alpha value is -2.66. The Morgan fingerprint density at radius 3 is 2.63 bits per heavy atom. The van der Waals surface area contributed by atoms with E-state index in [1.54, 1.807) is 30.3 Å². The van der Waals surface area contributed by atoms with Gasteiger partial charge in [-0.15, -0.1) is 0 Å². The fourth-order valence-electron chi connectivity index (χ4n) is 4.05. The minimum atomic E-state index is -0.919. The van der Waals surface area contributed by atoms with Gasteiger partial charge >= 0.3 is 5.97 Å². The third-order valence-corrected chi connectivity index (χ3v) is 5.95. The lowest BCUT2D eigenvalue weighted by atomic mass is 9.86. The maximum Gasteiger partial charge on any atom is 0.335 e. The molecule has 1 aliphatic carbocycles. The fourth-order valence-corrected chi connectivity index (χ4v) is 4.25. The van der Waals surface area contributed by atoms with Crippen molar-refractivity contribution in [2.24, 2.45) is 0 Å². The van der Waals surface area contributed by atoms with E-state index in [0.29, 0.717) is 17.1 Å². The van der Waals surface area contributed by atoms with Gasteiger partial charge in [0.1, 0.15) is 0 Å². The smallest absolute Gasteiger partial charge is 0.335 e. The molecule has 154 valence electrons. The lowest BCUT2D eigenvalue weighted by molar-refractivity contribution is 0.0697. The summed E-state index contributed by atoms with van der Waals surface area (Å²) in [6.45, 7) is 0.473. The predicted octanol–water partition coefficient (Wildman–Crippen LogP) is 4.89. The second kappa shape index (κ2) is 9.00. The van der Waals surface area contributed by atoms with Crippen molar-refractivity contribution in [2.75, 3.05) is 6.54 Å². The van der Waals surface area contributed by atoms with Crippen molar-refractivity contribution < 1.29 is 15.0 Å². The highest BCUT2D eigenvalue weighted by atomic mass is 35.5. The monoisotopic (exact) mass is 421 g/mol. The molecule has 0 fully saturated rings. The van der Waals surface area contributed by atoms with E-state index in [2.05, 4.69) is 23.5 Å². The Bertz CT molecular complexity index is 1070. The zero-order chi connectivity index (χ0) is 21.1. The largest absolute Gasteiger partial charge is 0.478 e. The Balaban J connectivity index is 1.45. The van der Waals surface area contributed by atoms with Crippen LogP contribution >= 0.6 is 11.6 Å². The van der Waals surface area contributed by atoms with Gasteiger partial charge in [-0.3, -0.25) is 0 Å². The molecule has 0 unspecified atom stereocenters. The van der Waals surface area contributed by atoms with E-state index in [4.69, 9.17) is 11.6 Å². The molecule has 0 heterocycles. The first-order valence-electron chi connectivity index (χ1n) is 10.1. The van der Waals surface area contributed by atoms with E-state index in [1.807, 2.05) is 18.2 Å². The highest BCUT2D eigenvalue weighted by Gasteiger charge is 2.20. The van der Waals surface area contributed by atoms with Gasteiger partial charge in [0.25, 0.3) is 0 Å². The number of aromatic carboxylic acids is 1. The van der Waals surface area contributed by atoms with Crippen molar-refractivity contribution in [2.45, 2.75) is 31.4 Å². The summed E-state index contributed by atoms with van der Waals surface area (Å²) in [5.74, 6) is -0.919. The van der Waals surface area contributed by atoms with Gasteiger partial charge in [0.05, 0.1) is 11.7 Å². The maximum absolute atomic E-state index is 11.3. The summed E-state index contributed by atoms with van der Waals surface area (Å²) in [7, 11) is 0. The van der Waals surface area contributed by atoms with Gasteiger partial charge in [-0.2, -0.15) is 0 Å². The average molecular weight is 422 g/mol. The van der Waals surface area contributed by atoms with Gasteiger partial charge in [-0.1, -0.05) is 54.1 Å². The normalized spacial score (nSPS) is 16.7. The van der Waals surface area contributed by atoms with Gasteiger partial charge in [0.15, 0.2) is 0 Å². The molecule has 4 rings (SSSR count). The number of carboxylic acid groups (broad SMARTS) is 1. The lowest BCUT2D eigenvalue weighted by Gasteiger charge is -2.27. The molecule has 3 N–H and O–H groups in total. The summed E-state index contributed by atoms with van der Waals surface area (Å²) in [6.07, 6.45) is 2.28. The number of nitrogens with one attached hydrogen (secondary N) is 1. The van der Waals surface area contributed by atoms with Crippen molar-refractivity contribution in [3.05, 3.63) is 94.0 Å². The van der Waals surface area contributed by atoms with Gasteiger partial charge in [0.2, 0.25) is 0 Å².